The molecule has 0 bridgehead atoms. The Morgan fingerprint density at radius 2 is 1.33 bits per heavy atom. The molecule has 0 radical (unpaired) electrons. The van der Waals surface area contributed by atoms with E-state index in [9.17, 15) is 4.79 Å². The zero-order chi connectivity index (χ0) is 25.8. The van der Waals surface area contributed by atoms with Crippen LogP contribution in [-0.2, 0) is 12.8 Å². The first-order chi connectivity index (χ1) is 16.1. The van der Waals surface area contributed by atoms with Gasteiger partial charge >= 0.3 is 0 Å². The summed E-state index contributed by atoms with van der Waals surface area (Å²) < 4.78 is 6.17. The highest BCUT2D eigenvalue weighted by Gasteiger charge is 2.11. The third-order valence-corrected chi connectivity index (χ3v) is 4.90. The topological polar surface area (TPSA) is 30.2 Å². The van der Waals surface area contributed by atoms with Crippen LogP contribution >= 0.6 is 0 Å². The lowest BCUT2D eigenvalue weighted by molar-refractivity contribution is 0.613. The van der Waals surface area contributed by atoms with Crippen molar-refractivity contribution in [3.05, 3.63) is 69.4 Å². The summed E-state index contributed by atoms with van der Waals surface area (Å²) >= 11 is 0. The van der Waals surface area contributed by atoms with E-state index < -0.39 is 0 Å². The van der Waals surface area contributed by atoms with E-state index in [0.717, 1.165) is 29.6 Å². The van der Waals surface area contributed by atoms with Gasteiger partial charge < -0.3 is 4.42 Å². The molecule has 0 amide bonds. The average Bonchev–Trinajstić information content (AvgIpc) is 2.89. The number of benzene rings is 2. The van der Waals surface area contributed by atoms with Crippen LogP contribution in [0.15, 0.2) is 51.7 Å². The largest absolute Gasteiger partial charge is 0.456 e. The van der Waals surface area contributed by atoms with Crippen molar-refractivity contribution in [2.24, 2.45) is 0 Å². The van der Waals surface area contributed by atoms with Gasteiger partial charge in [-0.3, -0.25) is 4.79 Å². The number of aryl methyl sites for hydroxylation is 3. The predicted octanol–water partition coefficient (Wildman–Crippen LogP) is 10.2. The predicted molar refractivity (Wildman–Crippen MR) is 151 cm³/mol. The molecule has 0 aliphatic heterocycles. The van der Waals surface area contributed by atoms with Gasteiger partial charge in [-0.25, -0.2) is 0 Å². The van der Waals surface area contributed by atoms with E-state index in [-0.39, 0.29) is 5.43 Å². The van der Waals surface area contributed by atoms with Crippen LogP contribution in [0.25, 0.3) is 22.3 Å². The van der Waals surface area contributed by atoms with Crippen LogP contribution in [0.3, 0.4) is 0 Å². The Hall–Kier alpha value is -2.35. The van der Waals surface area contributed by atoms with E-state index in [1.807, 2.05) is 67.5 Å². The first-order valence-electron chi connectivity index (χ1n) is 13.3. The van der Waals surface area contributed by atoms with Crippen LogP contribution in [-0.4, -0.2) is 0 Å². The molecule has 2 heteroatoms. The summed E-state index contributed by atoms with van der Waals surface area (Å²) in [5, 5.41) is 0.669. The van der Waals surface area contributed by atoms with Crippen molar-refractivity contribution >= 4 is 11.0 Å². The minimum absolute atomic E-state index is 0.0259. The normalized spacial score (nSPS) is 9.18. The second-order valence-corrected chi connectivity index (χ2v) is 6.72. The molecule has 3 rings (SSSR count). The molecule has 0 saturated carbocycles. The Morgan fingerprint density at radius 1 is 0.758 bits per heavy atom. The SMILES string of the molecule is CC.CC.CC.CC.CCCCCc1ccc(-c2cc(=O)c3ccc(C)c(CC)c3o2)cc1. The number of fused-ring (bicyclic) bond motifs is 1. The van der Waals surface area contributed by atoms with E-state index in [1.54, 1.807) is 6.07 Å². The Bertz CT molecular complexity index is 918. The van der Waals surface area contributed by atoms with E-state index in [2.05, 4.69) is 45.0 Å². The Labute approximate surface area is 204 Å². The summed E-state index contributed by atoms with van der Waals surface area (Å²) in [6.07, 6.45) is 5.68. The quantitative estimate of drug-likeness (QED) is 0.347. The summed E-state index contributed by atoms with van der Waals surface area (Å²) in [4.78, 5) is 12.5. The van der Waals surface area contributed by atoms with Gasteiger partial charge in [-0.15, -0.1) is 0 Å². The second kappa shape index (κ2) is 20.3. The van der Waals surface area contributed by atoms with Crippen LogP contribution in [0, 0.1) is 6.92 Å². The Morgan fingerprint density at radius 3 is 1.85 bits per heavy atom. The van der Waals surface area contributed by atoms with Gasteiger partial charge in [0.2, 0.25) is 0 Å². The fourth-order valence-corrected chi connectivity index (χ4v) is 3.37. The maximum absolute atomic E-state index is 12.5. The van der Waals surface area contributed by atoms with E-state index in [1.165, 1.54) is 30.4 Å². The fourth-order valence-electron chi connectivity index (χ4n) is 3.37. The molecule has 0 fully saturated rings. The highest BCUT2D eigenvalue weighted by molar-refractivity contribution is 5.82. The van der Waals surface area contributed by atoms with Gasteiger partial charge in [-0.1, -0.05) is 112 Å². The van der Waals surface area contributed by atoms with E-state index in [0.29, 0.717) is 11.1 Å². The summed E-state index contributed by atoms with van der Waals surface area (Å²) in [5.74, 6) is 0.651. The van der Waals surface area contributed by atoms with Crippen molar-refractivity contribution in [3.63, 3.8) is 0 Å². The first kappa shape index (κ1) is 32.8. The van der Waals surface area contributed by atoms with Gasteiger partial charge in [-0.05, 0) is 48.9 Å². The number of hydrogen-bond donors (Lipinski definition) is 0. The van der Waals surface area contributed by atoms with Gasteiger partial charge in [0.05, 0.1) is 5.39 Å². The van der Waals surface area contributed by atoms with Gasteiger partial charge in [0.15, 0.2) is 5.43 Å². The Balaban J connectivity index is 0. The van der Waals surface area contributed by atoms with E-state index in [4.69, 9.17) is 4.42 Å². The third-order valence-electron chi connectivity index (χ3n) is 4.90. The Kier molecular flexibility index (Phi) is 20.2. The molecule has 0 aliphatic carbocycles. The van der Waals surface area contributed by atoms with Crippen LogP contribution in [0.5, 0.6) is 0 Å². The average molecular weight is 455 g/mol. The molecule has 0 unspecified atom stereocenters. The van der Waals surface area contributed by atoms with Crippen LogP contribution in [0.1, 0.15) is 105 Å². The van der Waals surface area contributed by atoms with Crippen LogP contribution < -0.4 is 5.43 Å². The highest BCUT2D eigenvalue weighted by Crippen LogP contribution is 2.27. The van der Waals surface area contributed by atoms with Crippen molar-refractivity contribution in [2.45, 2.75) is 108 Å². The zero-order valence-corrected chi connectivity index (χ0v) is 23.4. The molecule has 0 spiro atoms. The minimum atomic E-state index is 0.0259. The number of unbranched alkanes of at least 4 members (excludes halogenated alkanes) is 2. The molecule has 0 atom stereocenters. The van der Waals surface area contributed by atoms with Crippen molar-refractivity contribution < 1.29 is 4.42 Å². The van der Waals surface area contributed by atoms with Gasteiger partial charge in [0.1, 0.15) is 11.3 Å². The maximum atomic E-state index is 12.5. The molecule has 0 aliphatic rings. The first-order valence-corrected chi connectivity index (χ1v) is 13.3. The van der Waals surface area contributed by atoms with Crippen LogP contribution in [0.4, 0.5) is 0 Å². The fraction of sp³-hybridized carbons (Fsp3) is 0.516. The lowest BCUT2D eigenvalue weighted by Gasteiger charge is -2.09. The molecule has 2 aromatic carbocycles. The molecule has 33 heavy (non-hydrogen) atoms. The van der Waals surface area contributed by atoms with Crippen molar-refractivity contribution in [1.29, 1.82) is 0 Å². The molecule has 1 heterocycles. The molecule has 3 aromatic rings. The molecule has 186 valence electrons. The third kappa shape index (κ3) is 9.98. The summed E-state index contributed by atoms with van der Waals surface area (Å²) in [7, 11) is 0. The second-order valence-electron chi connectivity index (χ2n) is 6.72. The molecular formula is C31H50O2. The summed E-state index contributed by atoms with van der Waals surface area (Å²) in [6.45, 7) is 22.4. The van der Waals surface area contributed by atoms with Crippen LogP contribution in [0.2, 0.25) is 0 Å². The molecule has 1 aromatic heterocycles. The minimum Gasteiger partial charge on any atom is -0.456 e. The lowest BCUT2D eigenvalue weighted by atomic mass is 10.0. The molecule has 2 nitrogen and oxygen atoms in total. The molecule has 0 saturated heterocycles. The molecular weight excluding hydrogens is 404 g/mol. The standard InChI is InChI=1S/C23H26O2.4C2H6/c1-4-6-7-8-17-10-12-18(13-11-17)22-15-21(24)20-14-9-16(3)19(5-2)23(20)25-22;4*1-2/h9-15H,4-8H2,1-3H3;4*1-2H3. The number of hydrogen-bond acceptors (Lipinski definition) is 2. The summed E-state index contributed by atoms with van der Waals surface area (Å²) in [5.41, 5.74) is 5.34. The van der Waals surface area contributed by atoms with Gasteiger partial charge in [-0.2, -0.15) is 0 Å². The maximum Gasteiger partial charge on any atom is 0.193 e. The summed E-state index contributed by atoms with van der Waals surface area (Å²) in [6, 6.07) is 13.9. The van der Waals surface area contributed by atoms with Gasteiger partial charge in [0.25, 0.3) is 0 Å². The van der Waals surface area contributed by atoms with Crippen molar-refractivity contribution in [3.8, 4) is 11.3 Å². The monoisotopic (exact) mass is 454 g/mol. The van der Waals surface area contributed by atoms with E-state index >= 15 is 0 Å². The zero-order valence-electron chi connectivity index (χ0n) is 23.4. The molecule has 0 N–H and O–H groups in total. The lowest BCUT2D eigenvalue weighted by Crippen LogP contribution is -2.03. The smallest absolute Gasteiger partial charge is 0.193 e. The number of rotatable bonds is 6. The highest BCUT2D eigenvalue weighted by atomic mass is 16.3. The van der Waals surface area contributed by atoms with Crippen molar-refractivity contribution in [1.82, 2.24) is 0 Å². The van der Waals surface area contributed by atoms with Crippen molar-refractivity contribution in [2.75, 3.05) is 0 Å². The van der Waals surface area contributed by atoms with Gasteiger partial charge in [0, 0.05) is 11.6 Å².